The first-order valence-corrected chi connectivity index (χ1v) is 8.53. The number of halogens is 3. The lowest BCUT2D eigenvalue weighted by molar-refractivity contribution is -0.137. The van der Waals surface area contributed by atoms with Gasteiger partial charge in [0.1, 0.15) is 6.42 Å². The Balaban J connectivity index is 1.43. The Bertz CT molecular complexity index is 1170. The van der Waals surface area contributed by atoms with Gasteiger partial charge in [-0.05, 0) is 48.5 Å². The fourth-order valence-electron chi connectivity index (χ4n) is 2.74. The smallest absolute Gasteiger partial charge is 0.416 e. The number of hydrogen-bond acceptors (Lipinski definition) is 5. The molecule has 6 nitrogen and oxygen atoms in total. The Morgan fingerprint density at radius 1 is 1.03 bits per heavy atom. The summed E-state index contributed by atoms with van der Waals surface area (Å²) in [6.45, 7) is 0. The number of alkyl halides is 3. The van der Waals surface area contributed by atoms with Crippen molar-refractivity contribution in [1.29, 1.82) is 0 Å². The van der Waals surface area contributed by atoms with E-state index in [0.29, 0.717) is 5.56 Å². The van der Waals surface area contributed by atoms with Gasteiger partial charge in [0, 0.05) is 22.8 Å². The Morgan fingerprint density at radius 3 is 2.59 bits per heavy atom. The van der Waals surface area contributed by atoms with E-state index in [0.717, 1.165) is 23.0 Å². The van der Waals surface area contributed by atoms with Gasteiger partial charge in [0.25, 0.3) is 0 Å². The zero-order valence-corrected chi connectivity index (χ0v) is 14.8. The molecule has 0 aliphatic carbocycles. The van der Waals surface area contributed by atoms with E-state index in [1.165, 1.54) is 12.1 Å². The highest BCUT2D eigenvalue weighted by molar-refractivity contribution is 5.91. The molecule has 0 atom stereocenters. The molecule has 9 heteroatoms. The van der Waals surface area contributed by atoms with Crippen LogP contribution < -0.4 is 5.32 Å². The van der Waals surface area contributed by atoms with E-state index in [1.54, 1.807) is 12.3 Å². The summed E-state index contributed by atoms with van der Waals surface area (Å²) >= 11 is 0. The maximum absolute atomic E-state index is 12.6. The Morgan fingerprint density at radius 2 is 1.83 bits per heavy atom. The lowest BCUT2D eigenvalue weighted by Crippen LogP contribution is -2.15. The van der Waals surface area contributed by atoms with E-state index >= 15 is 0 Å². The van der Waals surface area contributed by atoms with Gasteiger partial charge >= 0.3 is 6.18 Å². The van der Waals surface area contributed by atoms with Crippen LogP contribution in [0.2, 0.25) is 0 Å². The van der Waals surface area contributed by atoms with Gasteiger partial charge in [0.15, 0.2) is 0 Å². The number of rotatable bonds is 4. The third-order valence-electron chi connectivity index (χ3n) is 4.12. The van der Waals surface area contributed by atoms with Gasteiger partial charge in [0.05, 0.1) is 11.1 Å². The normalized spacial score (nSPS) is 11.6. The van der Waals surface area contributed by atoms with E-state index in [1.807, 2.05) is 24.3 Å². The summed E-state index contributed by atoms with van der Waals surface area (Å²) in [6, 6.07) is 13.3. The summed E-state index contributed by atoms with van der Waals surface area (Å²) in [7, 11) is 0. The van der Waals surface area contributed by atoms with Gasteiger partial charge in [-0.2, -0.15) is 13.2 Å². The van der Waals surface area contributed by atoms with Crippen LogP contribution in [0.15, 0.2) is 65.2 Å². The molecule has 2 aromatic heterocycles. The Hall–Kier alpha value is -3.75. The van der Waals surface area contributed by atoms with Crippen LogP contribution in [-0.4, -0.2) is 21.1 Å². The molecule has 0 fully saturated rings. The van der Waals surface area contributed by atoms with Crippen molar-refractivity contribution < 1.29 is 22.4 Å². The van der Waals surface area contributed by atoms with Crippen molar-refractivity contribution in [3.05, 3.63) is 72.2 Å². The van der Waals surface area contributed by atoms with Crippen LogP contribution in [0.3, 0.4) is 0 Å². The molecule has 1 amide bonds. The third-order valence-corrected chi connectivity index (χ3v) is 4.12. The topological polar surface area (TPSA) is 80.9 Å². The highest BCUT2D eigenvalue weighted by Crippen LogP contribution is 2.30. The molecule has 2 aromatic carbocycles. The predicted octanol–water partition coefficient (Wildman–Crippen LogP) is 4.48. The van der Waals surface area contributed by atoms with Crippen LogP contribution in [0.25, 0.3) is 22.4 Å². The highest BCUT2D eigenvalue weighted by Gasteiger charge is 2.30. The van der Waals surface area contributed by atoms with Gasteiger partial charge in [-0.1, -0.05) is 6.07 Å². The molecular weight excluding hydrogens is 385 g/mol. The molecule has 2 heterocycles. The van der Waals surface area contributed by atoms with Crippen molar-refractivity contribution >= 4 is 22.5 Å². The van der Waals surface area contributed by atoms with E-state index < -0.39 is 17.6 Å². The molecule has 0 aliphatic rings. The molecule has 0 spiro atoms. The number of pyridine rings is 1. The maximum Gasteiger partial charge on any atom is 0.416 e. The van der Waals surface area contributed by atoms with Crippen molar-refractivity contribution in [3.8, 4) is 11.5 Å². The van der Waals surface area contributed by atoms with Gasteiger partial charge in [-0.25, -0.2) is 0 Å². The number of hydrogen-bond donors (Lipinski definition) is 1. The fraction of sp³-hybridized carbons (Fsp3) is 0.100. The van der Waals surface area contributed by atoms with Gasteiger partial charge < -0.3 is 9.73 Å². The Kier molecular flexibility index (Phi) is 4.71. The van der Waals surface area contributed by atoms with E-state index in [-0.39, 0.29) is 23.9 Å². The number of aromatic nitrogens is 3. The summed E-state index contributed by atoms with van der Waals surface area (Å²) in [6.07, 6.45) is -2.94. The molecule has 29 heavy (non-hydrogen) atoms. The number of amides is 1. The van der Waals surface area contributed by atoms with E-state index in [9.17, 15) is 18.0 Å². The minimum absolute atomic E-state index is 0.0932. The maximum atomic E-state index is 12.6. The van der Waals surface area contributed by atoms with Gasteiger partial charge in [-0.3, -0.25) is 9.78 Å². The molecule has 0 bridgehead atoms. The first-order chi connectivity index (χ1) is 13.9. The fourth-order valence-corrected chi connectivity index (χ4v) is 2.74. The van der Waals surface area contributed by atoms with Crippen LogP contribution in [0.4, 0.5) is 18.9 Å². The highest BCUT2D eigenvalue weighted by atomic mass is 19.4. The minimum Gasteiger partial charge on any atom is -0.420 e. The van der Waals surface area contributed by atoms with E-state index in [4.69, 9.17) is 4.42 Å². The lowest BCUT2D eigenvalue weighted by atomic mass is 10.1. The molecule has 0 saturated heterocycles. The van der Waals surface area contributed by atoms with Gasteiger partial charge in [0.2, 0.25) is 17.7 Å². The average molecular weight is 398 g/mol. The standard InChI is InChI=1S/C20H13F3N4O2/c21-20(22,23)14-4-6-15(7-5-14)25-17(28)11-18-26-27-19(29-18)13-3-8-16-12(10-13)2-1-9-24-16/h1-10H,11H2,(H,25,28). The molecule has 0 radical (unpaired) electrons. The predicted molar refractivity (Wildman–Crippen MR) is 98.8 cm³/mol. The van der Waals surface area contributed by atoms with Crippen LogP contribution in [0, 0.1) is 0 Å². The second-order valence-electron chi connectivity index (χ2n) is 6.21. The number of anilines is 1. The number of benzene rings is 2. The van der Waals surface area contributed by atoms with Crippen molar-refractivity contribution in [2.45, 2.75) is 12.6 Å². The van der Waals surface area contributed by atoms with Gasteiger partial charge in [-0.15, -0.1) is 10.2 Å². The summed E-state index contributed by atoms with van der Waals surface area (Å²) < 4.78 is 43.3. The molecular formula is C20H13F3N4O2. The summed E-state index contributed by atoms with van der Waals surface area (Å²) in [5, 5.41) is 11.2. The number of nitrogens with zero attached hydrogens (tertiary/aromatic N) is 3. The average Bonchev–Trinajstić information content (AvgIpc) is 3.15. The number of nitrogens with one attached hydrogen (secondary N) is 1. The first-order valence-electron chi connectivity index (χ1n) is 8.53. The minimum atomic E-state index is -4.43. The zero-order chi connectivity index (χ0) is 20.4. The van der Waals surface area contributed by atoms with Crippen molar-refractivity contribution in [1.82, 2.24) is 15.2 Å². The monoisotopic (exact) mass is 398 g/mol. The number of fused-ring (bicyclic) bond motifs is 1. The molecule has 0 unspecified atom stereocenters. The SMILES string of the molecule is O=C(Cc1nnc(-c2ccc3ncccc3c2)o1)Nc1ccc(C(F)(F)F)cc1. The zero-order valence-electron chi connectivity index (χ0n) is 14.8. The Labute approximate surface area is 162 Å². The quantitative estimate of drug-likeness (QED) is 0.548. The second-order valence-corrected chi connectivity index (χ2v) is 6.21. The molecule has 4 rings (SSSR count). The van der Waals surface area contributed by atoms with Crippen LogP contribution in [0.5, 0.6) is 0 Å². The van der Waals surface area contributed by atoms with Crippen LogP contribution in [0.1, 0.15) is 11.5 Å². The van der Waals surface area contributed by atoms with Crippen LogP contribution in [-0.2, 0) is 17.4 Å². The first kappa shape index (κ1) is 18.6. The van der Waals surface area contributed by atoms with Crippen LogP contribution >= 0.6 is 0 Å². The summed E-state index contributed by atoms with van der Waals surface area (Å²) in [4.78, 5) is 16.4. The van der Waals surface area contributed by atoms with Crippen molar-refractivity contribution in [3.63, 3.8) is 0 Å². The molecule has 4 aromatic rings. The molecule has 146 valence electrons. The van der Waals surface area contributed by atoms with E-state index in [2.05, 4.69) is 20.5 Å². The lowest BCUT2D eigenvalue weighted by Gasteiger charge is -2.08. The second kappa shape index (κ2) is 7.34. The molecule has 0 saturated carbocycles. The van der Waals surface area contributed by atoms with Crippen molar-refractivity contribution in [2.24, 2.45) is 0 Å². The molecule has 1 N–H and O–H groups in total. The number of carbonyl (C=O) groups excluding carboxylic acids is 1. The third kappa shape index (κ3) is 4.23. The largest absolute Gasteiger partial charge is 0.420 e. The molecule has 0 aliphatic heterocycles. The summed E-state index contributed by atoms with van der Waals surface area (Å²) in [5.41, 5.74) is 0.965. The number of carbonyl (C=O) groups is 1. The summed E-state index contributed by atoms with van der Waals surface area (Å²) in [5.74, 6) is -0.133. The van der Waals surface area contributed by atoms with Crippen molar-refractivity contribution in [2.75, 3.05) is 5.32 Å².